The van der Waals surface area contributed by atoms with Crippen molar-refractivity contribution in [3.05, 3.63) is 0 Å². The van der Waals surface area contributed by atoms with E-state index in [1.165, 1.54) is 16.7 Å². The van der Waals surface area contributed by atoms with E-state index in [1.807, 2.05) is 0 Å². The van der Waals surface area contributed by atoms with Crippen LogP contribution in [0.5, 0.6) is 0 Å². The van der Waals surface area contributed by atoms with Crippen molar-refractivity contribution in [1.29, 1.82) is 0 Å². The molecular weight excluding hydrogens is 370 g/mol. The zero-order valence-corrected chi connectivity index (χ0v) is 15.9. The van der Waals surface area contributed by atoms with Gasteiger partial charge in [0, 0.05) is 13.1 Å². The van der Waals surface area contributed by atoms with Gasteiger partial charge in [-0.2, -0.15) is 0 Å². The molecule has 28 heavy (non-hydrogen) atoms. The van der Waals surface area contributed by atoms with E-state index in [2.05, 4.69) is 5.32 Å². The highest BCUT2D eigenvalue weighted by Gasteiger charge is 2.43. The SMILES string of the molecule is CC(O)C(NC(=O)C1CCCN1C(=O)C1CCCN1C(=O)C(N)CO)C(N)=O. The number of nitrogens with two attached hydrogens (primary N) is 2. The van der Waals surface area contributed by atoms with Crippen molar-refractivity contribution in [3.8, 4) is 0 Å². The summed E-state index contributed by atoms with van der Waals surface area (Å²) in [6, 6.07) is -3.88. The maximum atomic E-state index is 13.0. The van der Waals surface area contributed by atoms with Gasteiger partial charge in [-0.1, -0.05) is 0 Å². The fraction of sp³-hybridized carbons (Fsp3) is 0.765. The van der Waals surface area contributed by atoms with E-state index in [4.69, 9.17) is 16.6 Å². The van der Waals surface area contributed by atoms with Crippen LogP contribution in [0.25, 0.3) is 0 Å². The normalized spacial score (nSPS) is 25.3. The van der Waals surface area contributed by atoms with E-state index in [0.717, 1.165) is 0 Å². The summed E-state index contributed by atoms with van der Waals surface area (Å²) in [4.78, 5) is 52.2. The van der Waals surface area contributed by atoms with Gasteiger partial charge in [-0.15, -0.1) is 0 Å². The van der Waals surface area contributed by atoms with Crippen molar-refractivity contribution in [1.82, 2.24) is 15.1 Å². The smallest absolute Gasteiger partial charge is 0.246 e. The summed E-state index contributed by atoms with van der Waals surface area (Å²) in [7, 11) is 0. The number of amides is 4. The highest BCUT2D eigenvalue weighted by Crippen LogP contribution is 2.25. The zero-order valence-electron chi connectivity index (χ0n) is 15.9. The van der Waals surface area contributed by atoms with Crippen LogP contribution in [0, 0.1) is 0 Å². The second-order valence-electron chi connectivity index (χ2n) is 7.30. The lowest BCUT2D eigenvalue weighted by Gasteiger charge is -2.32. The number of hydrogen-bond acceptors (Lipinski definition) is 7. The van der Waals surface area contributed by atoms with E-state index >= 15 is 0 Å². The molecule has 0 spiro atoms. The first kappa shape index (κ1) is 22.1. The van der Waals surface area contributed by atoms with Gasteiger partial charge in [0.2, 0.25) is 23.6 Å². The van der Waals surface area contributed by atoms with Crippen LogP contribution in [0.2, 0.25) is 0 Å². The van der Waals surface area contributed by atoms with Gasteiger partial charge >= 0.3 is 0 Å². The highest BCUT2D eigenvalue weighted by molar-refractivity contribution is 5.95. The summed E-state index contributed by atoms with van der Waals surface area (Å²) in [5.41, 5.74) is 10.8. The molecule has 0 radical (unpaired) electrons. The molecule has 4 amide bonds. The molecule has 7 N–H and O–H groups in total. The molecule has 2 aliphatic rings. The van der Waals surface area contributed by atoms with Gasteiger partial charge in [-0.3, -0.25) is 19.2 Å². The summed E-state index contributed by atoms with van der Waals surface area (Å²) in [5.74, 6) is -2.30. The molecule has 0 aromatic carbocycles. The topological polar surface area (TPSA) is 179 Å². The lowest BCUT2D eigenvalue weighted by atomic mass is 10.1. The number of rotatable bonds is 7. The van der Waals surface area contributed by atoms with Gasteiger partial charge in [-0.05, 0) is 32.6 Å². The van der Waals surface area contributed by atoms with Gasteiger partial charge in [-0.25, -0.2) is 0 Å². The quantitative estimate of drug-likeness (QED) is 0.296. The summed E-state index contributed by atoms with van der Waals surface area (Å²) in [6.07, 6.45) is 0.896. The zero-order chi connectivity index (χ0) is 21.0. The van der Waals surface area contributed by atoms with Gasteiger partial charge in [0.25, 0.3) is 0 Å². The lowest BCUT2D eigenvalue weighted by Crippen LogP contribution is -2.58. The molecule has 5 unspecified atom stereocenters. The fourth-order valence-electron chi connectivity index (χ4n) is 3.75. The molecule has 0 aromatic rings. The van der Waals surface area contributed by atoms with Crippen molar-refractivity contribution in [2.75, 3.05) is 19.7 Å². The molecule has 2 rings (SSSR count). The number of carbonyl (C=O) groups is 4. The predicted octanol–water partition coefficient (Wildman–Crippen LogP) is -3.36. The van der Waals surface area contributed by atoms with Gasteiger partial charge in [0.15, 0.2) is 0 Å². The van der Waals surface area contributed by atoms with Crippen molar-refractivity contribution in [3.63, 3.8) is 0 Å². The van der Waals surface area contributed by atoms with Gasteiger partial charge in [0.1, 0.15) is 24.2 Å². The molecule has 2 saturated heterocycles. The monoisotopic (exact) mass is 399 g/mol. The second-order valence-corrected chi connectivity index (χ2v) is 7.30. The highest BCUT2D eigenvalue weighted by atomic mass is 16.3. The van der Waals surface area contributed by atoms with Crippen LogP contribution in [0.15, 0.2) is 0 Å². The van der Waals surface area contributed by atoms with Crippen LogP contribution < -0.4 is 16.8 Å². The Morgan fingerprint density at radius 2 is 1.68 bits per heavy atom. The third kappa shape index (κ3) is 4.59. The van der Waals surface area contributed by atoms with E-state index in [1.54, 1.807) is 0 Å². The molecule has 0 aliphatic carbocycles. The van der Waals surface area contributed by atoms with E-state index < -0.39 is 54.6 Å². The van der Waals surface area contributed by atoms with Crippen molar-refractivity contribution < 1.29 is 29.4 Å². The molecule has 0 saturated carbocycles. The number of likely N-dealkylation sites (tertiary alicyclic amines) is 2. The molecule has 0 bridgehead atoms. The third-order valence-electron chi connectivity index (χ3n) is 5.26. The Labute approximate surface area is 163 Å². The van der Waals surface area contributed by atoms with Crippen LogP contribution in [-0.4, -0.2) is 93.6 Å². The molecule has 2 fully saturated rings. The fourth-order valence-corrected chi connectivity index (χ4v) is 3.75. The minimum Gasteiger partial charge on any atom is -0.394 e. The summed E-state index contributed by atoms with van der Waals surface area (Å²) >= 11 is 0. The Morgan fingerprint density at radius 3 is 2.21 bits per heavy atom. The average Bonchev–Trinajstić information content (AvgIpc) is 3.32. The molecule has 0 aromatic heterocycles. The largest absolute Gasteiger partial charge is 0.394 e. The van der Waals surface area contributed by atoms with E-state index in [0.29, 0.717) is 38.8 Å². The molecule has 158 valence electrons. The van der Waals surface area contributed by atoms with E-state index in [9.17, 15) is 24.3 Å². The first-order valence-electron chi connectivity index (χ1n) is 9.44. The Morgan fingerprint density at radius 1 is 1.11 bits per heavy atom. The standard InChI is InChI=1S/C17H29N5O6/c1-9(24)13(14(19)25)20-15(26)11-4-2-6-21(11)17(28)12-5-3-7-22(12)16(27)10(18)8-23/h9-13,23-24H,2-8,18H2,1H3,(H2,19,25)(H,20,26). The molecule has 2 aliphatic heterocycles. The van der Waals surface area contributed by atoms with Crippen molar-refractivity contribution in [2.24, 2.45) is 11.5 Å². The minimum atomic E-state index is -1.25. The van der Waals surface area contributed by atoms with Crippen molar-refractivity contribution in [2.45, 2.75) is 62.9 Å². The Balaban J connectivity index is 2.10. The average molecular weight is 399 g/mol. The first-order chi connectivity index (χ1) is 13.2. The summed E-state index contributed by atoms with van der Waals surface area (Å²) in [5, 5.41) is 21.1. The summed E-state index contributed by atoms with van der Waals surface area (Å²) in [6.45, 7) is 1.52. The number of nitrogens with zero attached hydrogens (tertiary/aromatic N) is 2. The third-order valence-corrected chi connectivity index (χ3v) is 5.26. The van der Waals surface area contributed by atoms with Crippen LogP contribution in [-0.2, 0) is 19.2 Å². The van der Waals surface area contributed by atoms with Gasteiger partial charge in [0.05, 0.1) is 12.7 Å². The lowest BCUT2D eigenvalue weighted by molar-refractivity contribution is -0.147. The molecule has 11 nitrogen and oxygen atoms in total. The van der Waals surface area contributed by atoms with E-state index in [-0.39, 0.29) is 5.91 Å². The molecular formula is C17H29N5O6. The maximum absolute atomic E-state index is 13.0. The molecule has 2 heterocycles. The van der Waals surface area contributed by atoms with Crippen LogP contribution >= 0.6 is 0 Å². The second kappa shape index (κ2) is 9.30. The Kier molecular flexibility index (Phi) is 7.33. The van der Waals surface area contributed by atoms with Crippen LogP contribution in [0.4, 0.5) is 0 Å². The Hall–Kier alpha value is -2.24. The number of aliphatic hydroxyl groups excluding tert-OH is 2. The predicted molar refractivity (Wildman–Crippen MR) is 97.3 cm³/mol. The maximum Gasteiger partial charge on any atom is 0.246 e. The number of nitrogens with one attached hydrogen (secondary N) is 1. The molecule has 11 heteroatoms. The number of primary amides is 1. The van der Waals surface area contributed by atoms with Crippen LogP contribution in [0.1, 0.15) is 32.6 Å². The summed E-state index contributed by atoms with van der Waals surface area (Å²) < 4.78 is 0. The van der Waals surface area contributed by atoms with Gasteiger partial charge < -0.3 is 36.8 Å². The van der Waals surface area contributed by atoms with Crippen LogP contribution in [0.3, 0.4) is 0 Å². The number of hydrogen-bond donors (Lipinski definition) is 5. The number of aliphatic hydroxyl groups is 2. The Bertz CT molecular complexity index is 627. The first-order valence-corrected chi connectivity index (χ1v) is 9.44. The number of carbonyl (C=O) groups excluding carboxylic acids is 4. The molecule has 5 atom stereocenters. The van der Waals surface area contributed by atoms with Crippen molar-refractivity contribution >= 4 is 23.6 Å². The minimum absolute atomic E-state index is 0.345.